The summed E-state index contributed by atoms with van der Waals surface area (Å²) in [7, 11) is 0. The first-order valence-electron chi connectivity index (χ1n) is 6.03. The maximum absolute atomic E-state index is 11.8. The van der Waals surface area contributed by atoms with E-state index < -0.39 is 12.0 Å². The molecular formula is C11H19N3O4. The molecule has 7 heteroatoms. The number of ether oxygens (including phenoxy) is 1. The predicted octanol–water partition coefficient (Wildman–Crippen LogP) is -1.38. The number of hydrogen-bond donors (Lipinski definition) is 2. The van der Waals surface area contributed by atoms with Crippen molar-refractivity contribution in [2.45, 2.75) is 25.8 Å². The third kappa shape index (κ3) is 3.69. The zero-order valence-corrected chi connectivity index (χ0v) is 10.5. The van der Waals surface area contributed by atoms with Crippen molar-refractivity contribution in [3.05, 3.63) is 0 Å². The van der Waals surface area contributed by atoms with Crippen molar-refractivity contribution in [3.63, 3.8) is 0 Å². The molecular weight excluding hydrogens is 238 g/mol. The van der Waals surface area contributed by atoms with Gasteiger partial charge >= 0.3 is 5.97 Å². The Bertz CT molecular complexity index is 332. The average molecular weight is 257 g/mol. The van der Waals surface area contributed by atoms with Crippen LogP contribution in [-0.2, 0) is 19.1 Å². The van der Waals surface area contributed by atoms with E-state index in [-0.39, 0.29) is 31.5 Å². The van der Waals surface area contributed by atoms with Crippen LogP contribution in [0, 0.1) is 0 Å². The molecule has 0 aromatic carbocycles. The second kappa shape index (κ2) is 6.95. The zero-order valence-electron chi connectivity index (χ0n) is 10.5. The van der Waals surface area contributed by atoms with Gasteiger partial charge in [-0.25, -0.2) is 0 Å². The number of nitrogens with one attached hydrogen (secondary N) is 1. The minimum atomic E-state index is -0.518. The van der Waals surface area contributed by atoms with Gasteiger partial charge in [-0.3, -0.25) is 14.4 Å². The highest BCUT2D eigenvalue weighted by Crippen LogP contribution is 2.17. The Morgan fingerprint density at radius 3 is 2.78 bits per heavy atom. The van der Waals surface area contributed by atoms with Crippen LogP contribution in [0.3, 0.4) is 0 Å². The number of amides is 2. The summed E-state index contributed by atoms with van der Waals surface area (Å²) < 4.78 is 4.70. The van der Waals surface area contributed by atoms with E-state index in [9.17, 15) is 14.4 Å². The van der Waals surface area contributed by atoms with Crippen LogP contribution in [0.15, 0.2) is 0 Å². The molecule has 0 aromatic heterocycles. The second-order valence-corrected chi connectivity index (χ2v) is 3.97. The van der Waals surface area contributed by atoms with Crippen LogP contribution >= 0.6 is 0 Å². The lowest BCUT2D eigenvalue weighted by molar-refractivity contribution is -0.144. The van der Waals surface area contributed by atoms with Crippen molar-refractivity contribution in [2.75, 3.05) is 26.2 Å². The van der Waals surface area contributed by atoms with Gasteiger partial charge in [0.2, 0.25) is 11.8 Å². The van der Waals surface area contributed by atoms with Crippen LogP contribution in [0.5, 0.6) is 0 Å². The number of rotatable bonds is 5. The zero-order chi connectivity index (χ0) is 13.5. The molecule has 0 unspecified atom stereocenters. The largest absolute Gasteiger partial charge is 0.465 e. The predicted molar refractivity (Wildman–Crippen MR) is 63.4 cm³/mol. The molecule has 1 atom stereocenters. The number of nitrogens with zero attached hydrogens (tertiary/aromatic N) is 1. The lowest BCUT2D eigenvalue weighted by Gasteiger charge is -2.23. The van der Waals surface area contributed by atoms with Gasteiger partial charge in [-0.05, 0) is 19.8 Å². The van der Waals surface area contributed by atoms with Gasteiger partial charge in [0.1, 0.15) is 12.6 Å². The van der Waals surface area contributed by atoms with E-state index in [0.29, 0.717) is 13.0 Å². The summed E-state index contributed by atoms with van der Waals surface area (Å²) in [6.07, 6.45) is 1.36. The molecule has 1 saturated heterocycles. The standard InChI is InChI=1S/C11H19N3O4/c1-2-18-10(16)7-13-11(17)8-4-3-5-14(8)9(15)6-12/h8H,2-7,12H2,1H3,(H,13,17)/t8-/m0/s1. The Hall–Kier alpha value is -1.63. The average Bonchev–Trinajstić information content (AvgIpc) is 2.84. The molecule has 1 rings (SSSR count). The monoisotopic (exact) mass is 257 g/mol. The third-order valence-electron chi connectivity index (χ3n) is 2.76. The molecule has 0 bridgehead atoms. The Morgan fingerprint density at radius 2 is 2.17 bits per heavy atom. The van der Waals surface area contributed by atoms with E-state index in [1.165, 1.54) is 4.90 Å². The van der Waals surface area contributed by atoms with Gasteiger partial charge in [0.15, 0.2) is 0 Å². The summed E-state index contributed by atoms with van der Waals surface area (Å²) in [5.74, 6) is -1.06. The SMILES string of the molecule is CCOC(=O)CNC(=O)[C@@H]1CCCN1C(=O)CN. The highest BCUT2D eigenvalue weighted by molar-refractivity contribution is 5.90. The van der Waals surface area contributed by atoms with E-state index in [1.807, 2.05) is 0 Å². The molecule has 1 aliphatic rings. The lowest BCUT2D eigenvalue weighted by atomic mass is 10.2. The molecule has 1 aliphatic heterocycles. The number of hydrogen-bond acceptors (Lipinski definition) is 5. The number of carbonyl (C=O) groups excluding carboxylic acids is 3. The first-order chi connectivity index (χ1) is 8.60. The Morgan fingerprint density at radius 1 is 1.44 bits per heavy atom. The summed E-state index contributed by atoms with van der Waals surface area (Å²) in [6, 6.07) is -0.518. The summed E-state index contributed by atoms with van der Waals surface area (Å²) in [5.41, 5.74) is 5.28. The molecule has 0 radical (unpaired) electrons. The molecule has 1 fully saturated rings. The number of nitrogens with two attached hydrogens (primary N) is 1. The molecule has 0 aliphatic carbocycles. The van der Waals surface area contributed by atoms with Crippen molar-refractivity contribution in [1.82, 2.24) is 10.2 Å². The second-order valence-electron chi connectivity index (χ2n) is 3.97. The molecule has 0 saturated carbocycles. The van der Waals surface area contributed by atoms with Crippen LogP contribution in [0.25, 0.3) is 0 Å². The molecule has 2 amide bonds. The number of carbonyl (C=O) groups is 3. The van der Waals surface area contributed by atoms with Crippen molar-refractivity contribution < 1.29 is 19.1 Å². The number of likely N-dealkylation sites (tertiary alicyclic amines) is 1. The minimum absolute atomic E-state index is 0.109. The van der Waals surface area contributed by atoms with Gasteiger partial charge in [0.05, 0.1) is 13.2 Å². The van der Waals surface area contributed by atoms with Crippen LogP contribution in [-0.4, -0.2) is 55.0 Å². The summed E-state index contributed by atoms with van der Waals surface area (Å²) >= 11 is 0. The first-order valence-corrected chi connectivity index (χ1v) is 6.03. The summed E-state index contributed by atoms with van der Waals surface area (Å²) in [4.78, 5) is 35.9. The van der Waals surface area contributed by atoms with Gasteiger partial charge in [0, 0.05) is 6.54 Å². The Balaban J connectivity index is 2.45. The smallest absolute Gasteiger partial charge is 0.325 e. The van der Waals surface area contributed by atoms with Crippen LogP contribution in [0.1, 0.15) is 19.8 Å². The van der Waals surface area contributed by atoms with Crippen LogP contribution < -0.4 is 11.1 Å². The highest BCUT2D eigenvalue weighted by atomic mass is 16.5. The van der Waals surface area contributed by atoms with E-state index in [0.717, 1.165) is 6.42 Å². The van der Waals surface area contributed by atoms with Crippen molar-refractivity contribution in [2.24, 2.45) is 5.73 Å². The van der Waals surface area contributed by atoms with Gasteiger partial charge < -0.3 is 20.7 Å². The van der Waals surface area contributed by atoms with E-state index in [4.69, 9.17) is 10.5 Å². The quantitative estimate of drug-likeness (QED) is 0.591. The van der Waals surface area contributed by atoms with E-state index in [2.05, 4.69) is 5.32 Å². The summed E-state index contributed by atoms with van der Waals surface area (Å²) in [6.45, 7) is 2.22. The van der Waals surface area contributed by atoms with Gasteiger partial charge in [-0.1, -0.05) is 0 Å². The van der Waals surface area contributed by atoms with Gasteiger partial charge in [-0.2, -0.15) is 0 Å². The normalized spacial score (nSPS) is 18.6. The summed E-state index contributed by atoms with van der Waals surface area (Å²) in [5, 5.41) is 2.47. The Kier molecular flexibility index (Phi) is 5.57. The maximum atomic E-state index is 11.8. The molecule has 0 spiro atoms. The fourth-order valence-corrected chi connectivity index (χ4v) is 1.94. The molecule has 18 heavy (non-hydrogen) atoms. The highest BCUT2D eigenvalue weighted by Gasteiger charge is 2.33. The fraction of sp³-hybridized carbons (Fsp3) is 0.727. The van der Waals surface area contributed by atoms with Crippen LogP contribution in [0.4, 0.5) is 0 Å². The molecule has 102 valence electrons. The lowest BCUT2D eigenvalue weighted by Crippen LogP contribution is -2.48. The Labute approximate surface area is 106 Å². The van der Waals surface area contributed by atoms with E-state index in [1.54, 1.807) is 6.92 Å². The van der Waals surface area contributed by atoms with Gasteiger partial charge in [-0.15, -0.1) is 0 Å². The third-order valence-corrected chi connectivity index (χ3v) is 2.76. The fourth-order valence-electron chi connectivity index (χ4n) is 1.94. The van der Waals surface area contributed by atoms with Crippen molar-refractivity contribution >= 4 is 17.8 Å². The maximum Gasteiger partial charge on any atom is 0.325 e. The van der Waals surface area contributed by atoms with Crippen LogP contribution in [0.2, 0.25) is 0 Å². The first kappa shape index (κ1) is 14.4. The topological polar surface area (TPSA) is 102 Å². The minimum Gasteiger partial charge on any atom is -0.465 e. The van der Waals surface area contributed by atoms with Crippen molar-refractivity contribution in [3.8, 4) is 0 Å². The molecule has 0 aromatic rings. The van der Waals surface area contributed by atoms with Gasteiger partial charge in [0.25, 0.3) is 0 Å². The molecule has 1 heterocycles. The number of esters is 1. The molecule has 3 N–H and O–H groups in total. The molecule has 7 nitrogen and oxygen atoms in total. The van der Waals surface area contributed by atoms with Crippen molar-refractivity contribution in [1.29, 1.82) is 0 Å². The van der Waals surface area contributed by atoms with E-state index >= 15 is 0 Å².